The molecule has 0 saturated carbocycles. The van der Waals surface area contributed by atoms with Gasteiger partial charge >= 0.3 is 5.69 Å². The summed E-state index contributed by atoms with van der Waals surface area (Å²) in [7, 11) is 0. The summed E-state index contributed by atoms with van der Waals surface area (Å²) in [6.45, 7) is 11.6. The minimum Gasteiger partial charge on any atom is -0.490 e. The Kier molecular flexibility index (Phi) is 7.43. The van der Waals surface area contributed by atoms with E-state index in [9.17, 15) is 9.59 Å². The fourth-order valence-electron chi connectivity index (χ4n) is 6.48. The molecule has 4 heterocycles. The van der Waals surface area contributed by atoms with Crippen LogP contribution in [0.3, 0.4) is 0 Å². The van der Waals surface area contributed by atoms with E-state index in [-0.39, 0.29) is 71.6 Å². The zero-order valence-electron chi connectivity index (χ0n) is 24.9. The number of ether oxygens (including phenoxy) is 1. The summed E-state index contributed by atoms with van der Waals surface area (Å²) in [4.78, 5) is 39.2. The molecular formula is C33H32F3N5O3. The van der Waals surface area contributed by atoms with Crippen molar-refractivity contribution >= 4 is 22.6 Å². The van der Waals surface area contributed by atoms with Crippen LogP contribution in [0.5, 0.6) is 5.75 Å². The molecule has 2 atom stereocenters. The third-order valence-electron chi connectivity index (χ3n) is 8.43. The number of halogens is 3. The monoisotopic (exact) mass is 603 g/mol. The van der Waals surface area contributed by atoms with Crippen LogP contribution in [0, 0.1) is 24.4 Å². The van der Waals surface area contributed by atoms with Gasteiger partial charge in [0.15, 0.2) is 17.4 Å². The Hall–Kier alpha value is -4.67. The van der Waals surface area contributed by atoms with Crippen LogP contribution >= 0.6 is 0 Å². The van der Waals surface area contributed by atoms with Crippen LogP contribution in [0.25, 0.3) is 27.7 Å². The molecule has 6 rings (SSSR count). The number of aromatic nitrogens is 3. The van der Waals surface area contributed by atoms with Gasteiger partial charge < -0.3 is 14.5 Å². The SMILES string of the molecule is C=CC(=O)N1CC(C)N2c3nc(=O)n(-c4c(C)ccnc4C(C)C)c4c(F)c(-c5ccccc5F)c(F)c(c34)OCCC2C1. The second-order valence-electron chi connectivity index (χ2n) is 11.6. The smallest absolute Gasteiger partial charge is 0.354 e. The van der Waals surface area contributed by atoms with E-state index < -0.39 is 28.7 Å². The molecule has 11 heteroatoms. The summed E-state index contributed by atoms with van der Waals surface area (Å²) in [5.41, 5.74) is -0.599. The van der Waals surface area contributed by atoms with Crippen LogP contribution in [0.2, 0.25) is 0 Å². The van der Waals surface area contributed by atoms with Crippen LogP contribution in [0.15, 0.2) is 54.0 Å². The number of fused-ring (bicyclic) bond motifs is 2. The molecule has 0 spiro atoms. The topological polar surface area (TPSA) is 80.6 Å². The predicted molar refractivity (Wildman–Crippen MR) is 162 cm³/mol. The molecule has 2 aromatic heterocycles. The number of pyridine rings is 1. The summed E-state index contributed by atoms with van der Waals surface area (Å²) in [5.74, 6) is -3.74. The van der Waals surface area contributed by atoms with Crippen LogP contribution in [-0.2, 0) is 4.79 Å². The van der Waals surface area contributed by atoms with Crippen molar-refractivity contribution in [3.63, 3.8) is 0 Å². The van der Waals surface area contributed by atoms with Crippen molar-refractivity contribution in [2.24, 2.45) is 0 Å². The van der Waals surface area contributed by atoms with Crippen molar-refractivity contribution in [1.29, 1.82) is 0 Å². The highest BCUT2D eigenvalue weighted by atomic mass is 19.1. The van der Waals surface area contributed by atoms with Gasteiger partial charge in [-0.15, -0.1) is 0 Å². The predicted octanol–water partition coefficient (Wildman–Crippen LogP) is 5.67. The molecule has 2 aromatic carbocycles. The van der Waals surface area contributed by atoms with Gasteiger partial charge in [-0.3, -0.25) is 14.3 Å². The third-order valence-corrected chi connectivity index (χ3v) is 8.43. The Labute approximate surface area is 252 Å². The number of rotatable bonds is 4. The van der Waals surface area contributed by atoms with Gasteiger partial charge in [-0.1, -0.05) is 38.6 Å². The lowest BCUT2D eigenvalue weighted by Crippen LogP contribution is -2.60. The first-order valence-corrected chi connectivity index (χ1v) is 14.6. The maximum Gasteiger partial charge on any atom is 0.354 e. The molecule has 0 aliphatic carbocycles. The number of benzene rings is 2. The second-order valence-corrected chi connectivity index (χ2v) is 11.6. The maximum atomic E-state index is 17.1. The maximum absolute atomic E-state index is 17.1. The van der Waals surface area contributed by atoms with Crippen molar-refractivity contribution < 1.29 is 22.7 Å². The van der Waals surface area contributed by atoms with Gasteiger partial charge in [0.2, 0.25) is 5.91 Å². The first kappa shape index (κ1) is 29.4. The molecule has 2 aliphatic heterocycles. The molecule has 2 unspecified atom stereocenters. The van der Waals surface area contributed by atoms with Gasteiger partial charge in [-0.25, -0.2) is 18.0 Å². The van der Waals surface area contributed by atoms with Gasteiger partial charge in [-0.2, -0.15) is 4.98 Å². The molecule has 1 fully saturated rings. The lowest BCUT2D eigenvalue weighted by molar-refractivity contribution is -0.127. The molecule has 0 radical (unpaired) electrons. The third kappa shape index (κ3) is 4.53. The number of aryl methyl sites for hydroxylation is 1. The molecule has 2 aliphatic rings. The molecule has 8 nitrogen and oxygen atoms in total. The lowest BCUT2D eigenvalue weighted by Gasteiger charge is -2.47. The van der Waals surface area contributed by atoms with Crippen molar-refractivity contribution in [3.8, 4) is 22.6 Å². The fourth-order valence-corrected chi connectivity index (χ4v) is 6.48. The number of anilines is 1. The molecule has 1 amide bonds. The number of carbonyl (C=O) groups excluding carboxylic acids is 1. The van der Waals surface area contributed by atoms with E-state index in [1.54, 1.807) is 24.1 Å². The zero-order chi connectivity index (χ0) is 31.4. The molecule has 4 aromatic rings. The van der Waals surface area contributed by atoms with Crippen molar-refractivity contribution in [3.05, 3.63) is 88.4 Å². The van der Waals surface area contributed by atoms with Gasteiger partial charge in [0, 0.05) is 37.3 Å². The van der Waals surface area contributed by atoms with E-state index in [1.807, 2.05) is 25.7 Å². The van der Waals surface area contributed by atoms with Crippen LogP contribution in [0.4, 0.5) is 19.0 Å². The van der Waals surface area contributed by atoms with Crippen molar-refractivity contribution in [2.75, 3.05) is 24.6 Å². The lowest BCUT2D eigenvalue weighted by atomic mass is 9.97. The summed E-state index contributed by atoms with van der Waals surface area (Å²) >= 11 is 0. The summed E-state index contributed by atoms with van der Waals surface area (Å²) in [5, 5.41) is -0.0438. The zero-order valence-corrected chi connectivity index (χ0v) is 24.9. The fraction of sp³-hybridized carbons (Fsp3) is 0.333. The Morgan fingerprint density at radius 1 is 1.14 bits per heavy atom. The van der Waals surface area contributed by atoms with E-state index >= 15 is 13.2 Å². The molecule has 228 valence electrons. The Bertz CT molecular complexity index is 1890. The van der Waals surface area contributed by atoms with Crippen LogP contribution in [-0.4, -0.2) is 57.1 Å². The van der Waals surface area contributed by atoms with Gasteiger partial charge in [-0.05, 0) is 43.5 Å². The van der Waals surface area contributed by atoms with E-state index in [1.165, 1.54) is 24.3 Å². The summed E-state index contributed by atoms with van der Waals surface area (Å²) < 4.78 is 56.0. The molecular weight excluding hydrogens is 571 g/mol. The summed E-state index contributed by atoms with van der Waals surface area (Å²) in [6.07, 6.45) is 3.20. The highest BCUT2D eigenvalue weighted by molar-refractivity contribution is 6.00. The van der Waals surface area contributed by atoms with E-state index in [2.05, 4.69) is 16.5 Å². The standard InChI is InChI=1S/C33H32F3N5O3/c1-6-23(42)39-15-19(5)40-20(16-39)12-14-44-31-25-30(26(35)24(27(31)36)21-9-7-8-10-22(21)34)41(33(43)38-32(25)40)29-18(4)11-13-37-28(29)17(2)3/h6-11,13,17,19-20H,1,12,14-16H2,2-5H3. The van der Waals surface area contributed by atoms with Gasteiger partial charge in [0.25, 0.3) is 0 Å². The number of piperazine rings is 1. The van der Waals surface area contributed by atoms with Gasteiger partial charge in [0.1, 0.15) is 17.2 Å². The van der Waals surface area contributed by atoms with E-state index in [0.29, 0.717) is 23.4 Å². The molecule has 0 N–H and O–H groups in total. The van der Waals surface area contributed by atoms with Crippen LogP contribution < -0.4 is 15.3 Å². The van der Waals surface area contributed by atoms with Gasteiger partial charge in [0.05, 0.1) is 35.0 Å². The highest BCUT2D eigenvalue weighted by Crippen LogP contribution is 2.46. The minimum atomic E-state index is -1.13. The van der Waals surface area contributed by atoms with E-state index in [0.717, 1.165) is 10.6 Å². The quantitative estimate of drug-likeness (QED) is 0.280. The molecule has 0 bridgehead atoms. The number of carbonyl (C=O) groups is 1. The second kappa shape index (κ2) is 11.1. The average Bonchev–Trinajstić information content (AvgIpc) is 2.98. The van der Waals surface area contributed by atoms with E-state index in [4.69, 9.17) is 4.74 Å². The first-order valence-electron chi connectivity index (χ1n) is 14.6. The first-order chi connectivity index (χ1) is 21.0. The van der Waals surface area contributed by atoms with Crippen molar-refractivity contribution in [2.45, 2.75) is 52.1 Å². The number of nitrogens with zero attached hydrogens (tertiary/aromatic N) is 5. The Balaban J connectivity index is 1.77. The number of amides is 1. The average molecular weight is 604 g/mol. The minimum absolute atomic E-state index is 0.0140. The normalized spacial score (nSPS) is 18.1. The number of hydrogen-bond acceptors (Lipinski definition) is 6. The summed E-state index contributed by atoms with van der Waals surface area (Å²) in [6, 6.07) is 6.26. The van der Waals surface area contributed by atoms with Crippen molar-refractivity contribution in [1.82, 2.24) is 19.4 Å². The Morgan fingerprint density at radius 2 is 1.89 bits per heavy atom. The number of hydrogen-bond donors (Lipinski definition) is 0. The highest BCUT2D eigenvalue weighted by Gasteiger charge is 2.40. The molecule has 1 saturated heterocycles. The molecule has 44 heavy (non-hydrogen) atoms. The largest absolute Gasteiger partial charge is 0.490 e. The van der Waals surface area contributed by atoms with Crippen LogP contribution in [0.1, 0.15) is 44.4 Å². The Morgan fingerprint density at radius 3 is 2.59 bits per heavy atom.